The minimum Gasteiger partial charge on any atom is -0.469 e. The van der Waals surface area contributed by atoms with Crippen molar-refractivity contribution in [3.63, 3.8) is 0 Å². The van der Waals surface area contributed by atoms with Gasteiger partial charge >= 0.3 is 5.97 Å². The molecule has 0 unspecified atom stereocenters. The number of ether oxygens (including phenoxy) is 1. The molecule has 0 radical (unpaired) electrons. The standard InChI is InChI=1S/C28H30N2O5/c1-35-26(33)21-13-15-29(16-14-21)24(31)17-28(18-25(32)30(27(28)34)23-11-12-23)22-9-7-20(8-10-22)19-5-3-2-4-6-19/h2-10,21,23H,11-18H2,1H3/t28-/m1/s1. The zero-order chi connectivity index (χ0) is 24.6. The Kier molecular flexibility index (Phi) is 6.17. The molecule has 0 spiro atoms. The fraction of sp³-hybridized carbons (Fsp3) is 0.429. The van der Waals surface area contributed by atoms with Crippen LogP contribution in [-0.4, -0.2) is 59.7 Å². The summed E-state index contributed by atoms with van der Waals surface area (Å²) in [4.78, 5) is 55.2. The maximum absolute atomic E-state index is 13.7. The summed E-state index contributed by atoms with van der Waals surface area (Å²) in [6, 6.07) is 17.6. The second kappa shape index (κ2) is 9.29. The zero-order valence-corrected chi connectivity index (χ0v) is 19.9. The number of hydrogen-bond donors (Lipinski definition) is 0. The molecule has 35 heavy (non-hydrogen) atoms. The van der Waals surface area contributed by atoms with E-state index in [-0.39, 0.29) is 48.5 Å². The average Bonchev–Trinajstić information content (AvgIpc) is 3.69. The molecule has 2 saturated heterocycles. The van der Waals surface area contributed by atoms with Crippen LogP contribution in [0.3, 0.4) is 0 Å². The number of methoxy groups -OCH3 is 1. The normalized spacial score (nSPS) is 23.0. The first-order chi connectivity index (χ1) is 16.9. The van der Waals surface area contributed by atoms with Gasteiger partial charge in [-0.3, -0.25) is 24.1 Å². The number of esters is 1. The van der Waals surface area contributed by atoms with E-state index in [1.165, 1.54) is 12.0 Å². The van der Waals surface area contributed by atoms with Gasteiger partial charge in [-0.15, -0.1) is 0 Å². The van der Waals surface area contributed by atoms with Crippen LogP contribution in [0, 0.1) is 5.92 Å². The van der Waals surface area contributed by atoms with Crippen LogP contribution in [-0.2, 0) is 29.3 Å². The van der Waals surface area contributed by atoms with Crippen molar-refractivity contribution in [3.8, 4) is 11.1 Å². The van der Waals surface area contributed by atoms with E-state index in [0.29, 0.717) is 31.5 Å². The third-order valence-corrected chi connectivity index (χ3v) is 7.64. The van der Waals surface area contributed by atoms with E-state index in [1.54, 1.807) is 4.90 Å². The van der Waals surface area contributed by atoms with Crippen LogP contribution in [0.25, 0.3) is 11.1 Å². The first kappa shape index (κ1) is 23.3. The molecule has 2 aromatic carbocycles. The third-order valence-electron chi connectivity index (χ3n) is 7.64. The lowest BCUT2D eigenvalue weighted by Crippen LogP contribution is -2.46. The molecule has 2 aromatic rings. The number of nitrogens with zero attached hydrogens (tertiary/aromatic N) is 2. The highest BCUT2D eigenvalue weighted by molar-refractivity contribution is 6.11. The SMILES string of the molecule is COC(=O)C1CCN(C(=O)C[C@]2(c3ccc(-c4ccccc4)cc3)CC(=O)N(C3CC3)C2=O)CC1. The molecule has 1 saturated carbocycles. The summed E-state index contributed by atoms with van der Waals surface area (Å²) < 4.78 is 4.84. The van der Waals surface area contributed by atoms with Gasteiger partial charge in [-0.2, -0.15) is 0 Å². The van der Waals surface area contributed by atoms with Gasteiger partial charge in [0.2, 0.25) is 17.7 Å². The second-order valence-corrected chi connectivity index (χ2v) is 9.86. The van der Waals surface area contributed by atoms with Gasteiger partial charge in [0.1, 0.15) is 0 Å². The molecule has 0 N–H and O–H groups in total. The Labute approximate surface area is 205 Å². The predicted octanol–water partition coefficient (Wildman–Crippen LogP) is 3.31. The fourth-order valence-corrected chi connectivity index (χ4v) is 5.44. The third kappa shape index (κ3) is 4.35. The number of hydrogen-bond acceptors (Lipinski definition) is 5. The number of rotatable bonds is 6. The number of amides is 3. The molecule has 2 heterocycles. The van der Waals surface area contributed by atoms with Crippen LogP contribution in [0.4, 0.5) is 0 Å². The summed E-state index contributed by atoms with van der Waals surface area (Å²) in [6.07, 6.45) is 2.70. The van der Waals surface area contributed by atoms with Crippen molar-refractivity contribution in [1.82, 2.24) is 9.80 Å². The maximum Gasteiger partial charge on any atom is 0.308 e. The summed E-state index contributed by atoms with van der Waals surface area (Å²) in [6.45, 7) is 0.881. The Hall–Kier alpha value is -3.48. The summed E-state index contributed by atoms with van der Waals surface area (Å²) in [5.74, 6) is -1.05. The predicted molar refractivity (Wildman–Crippen MR) is 129 cm³/mol. The Balaban J connectivity index is 1.41. The molecular weight excluding hydrogens is 444 g/mol. The number of likely N-dealkylation sites (tertiary alicyclic amines) is 2. The van der Waals surface area contributed by atoms with Gasteiger partial charge in [0, 0.05) is 32.0 Å². The zero-order valence-electron chi connectivity index (χ0n) is 19.9. The minimum absolute atomic E-state index is 0.0113. The van der Waals surface area contributed by atoms with Crippen molar-refractivity contribution in [1.29, 1.82) is 0 Å². The number of carbonyl (C=O) groups excluding carboxylic acids is 4. The summed E-state index contributed by atoms with van der Waals surface area (Å²) in [5.41, 5.74) is 1.59. The smallest absolute Gasteiger partial charge is 0.308 e. The van der Waals surface area contributed by atoms with E-state index >= 15 is 0 Å². The monoisotopic (exact) mass is 474 g/mol. The highest BCUT2D eigenvalue weighted by Crippen LogP contribution is 2.45. The van der Waals surface area contributed by atoms with Crippen molar-refractivity contribution in [2.24, 2.45) is 5.92 Å². The van der Waals surface area contributed by atoms with Gasteiger partial charge in [0.15, 0.2) is 0 Å². The maximum atomic E-state index is 13.7. The summed E-state index contributed by atoms with van der Waals surface area (Å²) in [5, 5.41) is 0. The van der Waals surface area contributed by atoms with Crippen LogP contribution in [0.1, 0.15) is 44.1 Å². The molecule has 3 amide bonds. The van der Waals surface area contributed by atoms with Gasteiger partial charge < -0.3 is 9.64 Å². The number of carbonyl (C=O) groups is 4. The van der Waals surface area contributed by atoms with Crippen molar-refractivity contribution in [2.45, 2.75) is 50.0 Å². The van der Waals surface area contributed by atoms with E-state index < -0.39 is 5.41 Å². The molecule has 5 rings (SSSR count). The van der Waals surface area contributed by atoms with Crippen molar-refractivity contribution in [2.75, 3.05) is 20.2 Å². The summed E-state index contributed by atoms with van der Waals surface area (Å²) in [7, 11) is 1.38. The van der Waals surface area contributed by atoms with E-state index in [0.717, 1.165) is 24.0 Å². The van der Waals surface area contributed by atoms with Crippen LogP contribution in [0.5, 0.6) is 0 Å². The molecule has 0 bridgehead atoms. The molecule has 7 heteroatoms. The number of benzene rings is 2. The van der Waals surface area contributed by atoms with Gasteiger partial charge in [-0.05, 0) is 42.4 Å². The second-order valence-electron chi connectivity index (χ2n) is 9.86. The van der Waals surface area contributed by atoms with Crippen LogP contribution in [0.15, 0.2) is 54.6 Å². The van der Waals surface area contributed by atoms with Gasteiger partial charge in [-0.25, -0.2) is 0 Å². The average molecular weight is 475 g/mol. The molecule has 3 fully saturated rings. The van der Waals surface area contributed by atoms with E-state index in [4.69, 9.17) is 4.74 Å². The lowest BCUT2D eigenvalue weighted by atomic mass is 9.75. The first-order valence-electron chi connectivity index (χ1n) is 12.3. The van der Waals surface area contributed by atoms with Crippen molar-refractivity contribution < 1.29 is 23.9 Å². The summed E-state index contributed by atoms with van der Waals surface area (Å²) >= 11 is 0. The Morgan fingerprint density at radius 3 is 2.14 bits per heavy atom. The van der Waals surface area contributed by atoms with Crippen LogP contribution >= 0.6 is 0 Å². The Morgan fingerprint density at radius 2 is 1.54 bits per heavy atom. The molecule has 1 aliphatic carbocycles. The van der Waals surface area contributed by atoms with Gasteiger partial charge in [0.05, 0.1) is 18.4 Å². The van der Waals surface area contributed by atoms with Crippen LogP contribution < -0.4 is 0 Å². The molecule has 182 valence electrons. The fourth-order valence-electron chi connectivity index (χ4n) is 5.44. The number of piperidine rings is 1. The highest BCUT2D eigenvalue weighted by atomic mass is 16.5. The van der Waals surface area contributed by atoms with Gasteiger partial charge in [0.25, 0.3) is 0 Å². The topological polar surface area (TPSA) is 84.0 Å². The van der Waals surface area contributed by atoms with Crippen molar-refractivity contribution >= 4 is 23.7 Å². The van der Waals surface area contributed by atoms with E-state index in [1.807, 2.05) is 54.6 Å². The molecule has 0 aromatic heterocycles. The lowest BCUT2D eigenvalue weighted by Gasteiger charge is -2.34. The molecule has 1 atom stereocenters. The largest absolute Gasteiger partial charge is 0.469 e. The molecule has 3 aliphatic rings. The molecule has 7 nitrogen and oxygen atoms in total. The van der Waals surface area contributed by atoms with Crippen molar-refractivity contribution in [3.05, 3.63) is 60.2 Å². The van der Waals surface area contributed by atoms with E-state index in [9.17, 15) is 19.2 Å². The van der Waals surface area contributed by atoms with Crippen LogP contribution in [0.2, 0.25) is 0 Å². The number of imide groups is 1. The highest BCUT2D eigenvalue weighted by Gasteiger charge is 2.57. The lowest BCUT2D eigenvalue weighted by molar-refractivity contribution is -0.149. The molecular formula is C28H30N2O5. The Bertz CT molecular complexity index is 1130. The Morgan fingerprint density at radius 1 is 0.914 bits per heavy atom. The van der Waals surface area contributed by atoms with Gasteiger partial charge in [-0.1, -0.05) is 54.6 Å². The quantitative estimate of drug-likeness (QED) is 0.474. The first-order valence-corrected chi connectivity index (χ1v) is 12.3. The minimum atomic E-state index is -1.19. The van der Waals surface area contributed by atoms with E-state index in [2.05, 4.69) is 0 Å². The molecule has 2 aliphatic heterocycles.